The fraction of sp³-hybridized carbons (Fsp3) is 0.951. The Labute approximate surface area is 613 Å². The zero-order valence-electron chi connectivity index (χ0n) is 65.3. The molecule has 0 rings (SSSR count). The third-order valence-electron chi connectivity index (χ3n) is 19.0. The van der Waals surface area contributed by atoms with Gasteiger partial charge in [0.25, 0.3) is 0 Å². The minimum atomic E-state index is -4.96. The summed E-state index contributed by atoms with van der Waals surface area (Å²) in [6, 6.07) is 0. The van der Waals surface area contributed by atoms with E-state index in [4.69, 9.17) is 37.0 Å². The van der Waals surface area contributed by atoms with Gasteiger partial charge in [-0.2, -0.15) is 0 Å². The highest BCUT2D eigenvalue weighted by Gasteiger charge is 2.30. The maximum absolute atomic E-state index is 13.1. The quantitative estimate of drug-likeness (QED) is 0.0222. The van der Waals surface area contributed by atoms with Gasteiger partial charge >= 0.3 is 39.5 Å². The molecule has 0 aliphatic rings. The predicted molar refractivity (Wildman–Crippen MR) is 409 cm³/mol. The van der Waals surface area contributed by atoms with Crippen molar-refractivity contribution in [1.82, 2.24) is 0 Å². The van der Waals surface area contributed by atoms with Crippen molar-refractivity contribution in [3.63, 3.8) is 0 Å². The van der Waals surface area contributed by atoms with E-state index in [1.807, 2.05) is 0 Å². The summed E-state index contributed by atoms with van der Waals surface area (Å²) >= 11 is 0. The maximum Gasteiger partial charge on any atom is 0.472 e. The lowest BCUT2D eigenvalue weighted by atomic mass is 10.0. The van der Waals surface area contributed by atoms with Crippen molar-refractivity contribution in [2.75, 3.05) is 39.6 Å². The first kappa shape index (κ1) is 98.1. The molecule has 0 radical (unpaired) electrons. The summed E-state index contributed by atoms with van der Waals surface area (Å²) < 4.78 is 68.8. The van der Waals surface area contributed by atoms with Crippen molar-refractivity contribution >= 4 is 39.5 Å². The Balaban J connectivity index is 5.26. The number of rotatable bonds is 81. The fourth-order valence-corrected chi connectivity index (χ4v) is 14.2. The van der Waals surface area contributed by atoms with Gasteiger partial charge in [-0.05, 0) is 31.6 Å². The van der Waals surface area contributed by atoms with Crippen LogP contribution >= 0.6 is 15.6 Å². The Kier molecular flexibility index (Phi) is 72.5. The van der Waals surface area contributed by atoms with E-state index >= 15 is 0 Å². The summed E-state index contributed by atoms with van der Waals surface area (Å²) in [7, 11) is -9.92. The van der Waals surface area contributed by atoms with Crippen LogP contribution in [0.25, 0.3) is 0 Å². The van der Waals surface area contributed by atoms with E-state index in [0.29, 0.717) is 25.7 Å². The highest BCUT2D eigenvalue weighted by molar-refractivity contribution is 7.47. The van der Waals surface area contributed by atoms with Crippen molar-refractivity contribution < 1.29 is 80.2 Å². The third kappa shape index (κ3) is 74.3. The Morgan fingerprint density at radius 1 is 0.270 bits per heavy atom. The second kappa shape index (κ2) is 73.9. The molecule has 0 amide bonds. The minimum Gasteiger partial charge on any atom is -0.462 e. The summed E-state index contributed by atoms with van der Waals surface area (Å²) in [4.78, 5) is 73.1. The molecule has 100 heavy (non-hydrogen) atoms. The summed E-state index contributed by atoms with van der Waals surface area (Å²) in [5.74, 6) is -1.35. The Bertz CT molecular complexity index is 1910. The van der Waals surface area contributed by atoms with Crippen molar-refractivity contribution in [2.45, 2.75) is 451 Å². The first-order chi connectivity index (χ1) is 48.5. The first-order valence-electron chi connectivity index (χ1n) is 42.1. The van der Waals surface area contributed by atoms with Gasteiger partial charge in [-0.25, -0.2) is 9.13 Å². The average Bonchev–Trinajstić information content (AvgIpc) is 0.974. The normalized spacial score (nSPS) is 13.8. The van der Waals surface area contributed by atoms with Gasteiger partial charge < -0.3 is 33.8 Å². The van der Waals surface area contributed by atoms with Gasteiger partial charge in [0.2, 0.25) is 0 Å². The molecule has 0 heterocycles. The highest BCUT2D eigenvalue weighted by atomic mass is 31.2. The van der Waals surface area contributed by atoms with Crippen LogP contribution in [-0.2, 0) is 65.4 Å². The van der Waals surface area contributed by atoms with Gasteiger partial charge in [0.1, 0.15) is 19.3 Å². The zero-order chi connectivity index (χ0) is 73.4. The van der Waals surface area contributed by atoms with E-state index in [0.717, 1.165) is 95.8 Å². The molecule has 0 aromatic rings. The number of phosphoric ester groups is 2. The van der Waals surface area contributed by atoms with Crippen molar-refractivity contribution in [3.8, 4) is 0 Å². The van der Waals surface area contributed by atoms with Crippen molar-refractivity contribution in [2.24, 2.45) is 5.92 Å². The number of ether oxygens (including phenoxy) is 4. The number of unbranched alkanes of at least 4 members (excludes halogenated alkanes) is 53. The molecule has 3 N–H and O–H groups in total. The number of aliphatic hydroxyl groups is 1. The molecular weight excluding hydrogens is 1310 g/mol. The third-order valence-corrected chi connectivity index (χ3v) is 20.9. The predicted octanol–water partition coefficient (Wildman–Crippen LogP) is 24.4. The Morgan fingerprint density at radius 3 is 0.680 bits per heavy atom. The van der Waals surface area contributed by atoms with Gasteiger partial charge in [-0.3, -0.25) is 37.3 Å². The number of hydrogen-bond donors (Lipinski definition) is 3. The lowest BCUT2D eigenvalue weighted by Crippen LogP contribution is -2.30. The van der Waals surface area contributed by atoms with E-state index < -0.39 is 97.5 Å². The first-order valence-corrected chi connectivity index (χ1v) is 45.1. The molecule has 17 nitrogen and oxygen atoms in total. The van der Waals surface area contributed by atoms with E-state index in [9.17, 15) is 43.2 Å². The summed E-state index contributed by atoms with van der Waals surface area (Å²) in [5.41, 5.74) is 0. The number of hydrogen-bond acceptors (Lipinski definition) is 15. The molecule has 0 aromatic carbocycles. The highest BCUT2D eigenvalue weighted by Crippen LogP contribution is 2.45. The molecule has 0 saturated heterocycles. The van der Waals surface area contributed by atoms with Crippen LogP contribution in [0, 0.1) is 5.92 Å². The molecule has 0 aromatic heterocycles. The SMILES string of the molecule is CCCCCCCCCCCCCCCCCCCCC(=O)O[C@H](COC(=O)CCCCCCCCCCCCCCCCCC)COP(=O)(O)OC[C@@H](O)COP(=O)(O)OC[C@@H](COC(=O)CCCCCCCCCCCCCCC)OC(=O)CCCCCCCCCCCCC(C)C. The van der Waals surface area contributed by atoms with Crippen LogP contribution in [0.2, 0.25) is 0 Å². The molecule has 0 saturated carbocycles. The smallest absolute Gasteiger partial charge is 0.462 e. The van der Waals surface area contributed by atoms with Crippen LogP contribution < -0.4 is 0 Å². The number of carbonyl (C=O) groups excluding carboxylic acids is 4. The van der Waals surface area contributed by atoms with Gasteiger partial charge in [-0.1, -0.05) is 381 Å². The van der Waals surface area contributed by atoms with Gasteiger partial charge in [0.05, 0.1) is 26.4 Å². The molecule has 0 bridgehead atoms. The molecule has 0 aliphatic carbocycles. The lowest BCUT2D eigenvalue weighted by Gasteiger charge is -2.21. The van der Waals surface area contributed by atoms with Gasteiger partial charge in [0.15, 0.2) is 12.2 Å². The second-order valence-corrected chi connectivity index (χ2v) is 32.5. The number of esters is 4. The molecule has 0 spiro atoms. The number of phosphoric acid groups is 2. The summed E-state index contributed by atoms with van der Waals surface area (Å²) in [6.45, 7) is 7.33. The maximum atomic E-state index is 13.1. The summed E-state index contributed by atoms with van der Waals surface area (Å²) in [5, 5.41) is 10.6. The summed E-state index contributed by atoms with van der Waals surface area (Å²) in [6.07, 6.45) is 65.1. The monoisotopic (exact) mass is 1470 g/mol. The van der Waals surface area contributed by atoms with Gasteiger partial charge in [-0.15, -0.1) is 0 Å². The number of aliphatic hydroxyl groups excluding tert-OH is 1. The molecule has 0 aliphatic heterocycles. The van der Waals surface area contributed by atoms with E-state index in [2.05, 4.69) is 34.6 Å². The van der Waals surface area contributed by atoms with E-state index in [-0.39, 0.29) is 25.7 Å². The van der Waals surface area contributed by atoms with Crippen LogP contribution in [-0.4, -0.2) is 96.7 Å². The van der Waals surface area contributed by atoms with E-state index in [1.165, 1.54) is 257 Å². The van der Waals surface area contributed by atoms with Crippen LogP contribution in [0.5, 0.6) is 0 Å². The fourth-order valence-electron chi connectivity index (χ4n) is 12.6. The van der Waals surface area contributed by atoms with Crippen LogP contribution in [0.3, 0.4) is 0 Å². The number of carbonyl (C=O) groups is 4. The van der Waals surface area contributed by atoms with Crippen molar-refractivity contribution in [1.29, 1.82) is 0 Å². The zero-order valence-corrected chi connectivity index (χ0v) is 67.1. The standard InChI is InChI=1S/C81H158O17P2/c1-6-9-12-15-18-21-24-27-29-31-32-34-37-40-46-51-56-61-66-80(85)97-76(70-92-79(84)65-60-55-50-45-39-36-33-30-28-25-22-19-16-13-10-7-2)72-95-99(87,88)93-68-75(82)69-94-100(89,90)96-73-77(98-81(86)67-62-57-52-47-42-41-43-48-53-58-63-74(4)5)71-91-78(83)64-59-54-49-44-38-35-26-23-20-17-14-11-8-3/h74-77,82H,6-73H2,1-5H3,(H,87,88)(H,89,90)/t75-,76-,77-/m1/s1. The molecule has 19 heteroatoms. The molecule has 594 valence electrons. The largest absolute Gasteiger partial charge is 0.472 e. The lowest BCUT2D eigenvalue weighted by molar-refractivity contribution is -0.161. The minimum absolute atomic E-state index is 0.107. The Morgan fingerprint density at radius 2 is 0.460 bits per heavy atom. The Hall–Kier alpha value is -1.94. The molecule has 2 unspecified atom stereocenters. The van der Waals surface area contributed by atoms with E-state index in [1.54, 1.807) is 0 Å². The van der Waals surface area contributed by atoms with Crippen LogP contribution in [0.4, 0.5) is 0 Å². The van der Waals surface area contributed by atoms with Crippen LogP contribution in [0.1, 0.15) is 433 Å². The molecule has 5 atom stereocenters. The molecule has 0 fully saturated rings. The van der Waals surface area contributed by atoms with Crippen molar-refractivity contribution in [3.05, 3.63) is 0 Å². The topological polar surface area (TPSA) is 237 Å². The van der Waals surface area contributed by atoms with Gasteiger partial charge in [0, 0.05) is 25.7 Å². The average molecular weight is 1470 g/mol. The molecular formula is C81H158O17P2. The van der Waals surface area contributed by atoms with Crippen LogP contribution in [0.15, 0.2) is 0 Å². The second-order valence-electron chi connectivity index (χ2n) is 29.6.